The first-order chi connectivity index (χ1) is 8.67. The quantitative estimate of drug-likeness (QED) is 0.737. The Morgan fingerprint density at radius 1 is 1.33 bits per heavy atom. The van der Waals surface area contributed by atoms with Crippen molar-refractivity contribution in [2.24, 2.45) is 0 Å². The third-order valence-corrected chi connectivity index (χ3v) is 3.79. The molecule has 0 fully saturated rings. The minimum absolute atomic E-state index is 0.362. The molecule has 3 nitrogen and oxygen atoms in total. The Hall–Kier alpha value is -0.870. The van der Waals surface area contributed by atoms with Crippen LogP contribution in [0.25, 0.3) is 0 Å². The summed E-state index contributed by atoms with van der Waals surface area (Å²) in [7, 11) is 0.988. The molecule has 18 heavy (non-hydrogen) atoms. The molecule has 0 saturated carbocycles. The van der Waals surface area contributed by atoms with Crippen molar-refractivity contribution in [2.45, 2.75) is 25.8 Å². The minimum atomic E-state index is -0.688. The highest BCUT2D eigenvalue weighted by Crippen LogP contribution is 2.19. The fourth-order valence-electron chi connectivity index (χ4n) is 1.89. The van der Waals surface area contributed by atoms with Gasteiger partial charge in [-0.1, -0.05) is 19.1 Å². The summed E-state index contributed by atoms with van der Waals surface area (Å²) in [4.78, 5) is 0. The molecule has 0 aliphatic rings. The minimum Gasteiger partial charge on any atom is -0.497 e. The largest absolute Gasteiger partial charge is 0.497 e. The Bertz CT molecular complexity index is 365. The number of hydrogen-bond donors (Lipinski definition) is 1. The van der Waals surface area contributed by atoms with Crippen LogP contribution in [0.4, 0.5) is 0 Å². The van der Waals surface area contributed by atoms with Gasteiger partial charge in [0.05, 0.1) is 7.11 Å². The molecule has 0 radical (unpaired) electrons. The average molecular weight is 269 g/mol. The van der Waals surface area contributed by atoms with Crippen LogP contribution in [-0.4, -0.2) is 29.9 Å². The Balaban J connectivity index is 2.46. The number of benzene rings is 1. The van der Waals surface area contributed by atoms with Gasteiger partial charge in [-0.2, -0.15) is 0 Å². The van der Waals surface area contributed by atoms with Crippen LogP contribution in [0, 0.1) is 0 Å². The second kappa shape index (κ2) is 8.27. The molecule has 0 aromatic heterocycles. The number of methoxy groups -OCH3 is 1. The monoisotopic (exact) mass is 269 g/mol. The fraction of sp³-hybridized carbons (Fsp3) is 0.571. The van der Waals surface area contributed by atoms with Crippen LogP contribution >= 0.6 is 0 Å². The highest BCUT2D eigenvalue weighted by Gasteiger charge is 2.08. The van der Waals surface area contributed by atoms with Crippen LogP contribution in [0.5, 0.6) is 5.75 Å². The number of ether oxygens (including phenoxy) is 1. The van der Waals surface area contributed by atoms with Gasteiger partial charge in [0, 0.05) is 28.9 Å². The Labute approximate surface area is 112 Å². The van der Waals surface area contributed by atoms with Crippen molar-refractivity contribution in [3.05, 3.63) is 29.8 Å². The van der Waals surface area contributed by atoms with Gasteiger partial charge in [-0.15, -0.1) is 0 Å². The van der Waals surface area contributed by atoms with Gasteiger partial charge < -0.3 is 10.1 Å². The maximum atomic E-state index is 11.0. The molecule has 0 saturated heterocycles. The third-order valence-electron chi connectivity index (χ3n) is 2.93. The van der Waals surface area contributed by atoms with Gasteiger partial charge in [-0.05, 0) is 37.1 Å². The molecular formula is C14H23NO2S. The molecule has 0 aliphatic carbocycles. The van der Waals surface area contributed by atoms with E-state index in [0.717, 1.165) is 30.9 Å². The molecule has 0 amide bonds. The molecule has 1 aromatic rings. The SMILES string of the molecule is CCC(NCCCS(C)=O)c1ccc(OC)cc1. The second-order valence-corrected chi connectivity index (χ2v) is 5.87. The van der Waals surface area contributed by atoms with Crippen LogP contribution in [0.3, 0.4) is 0 Å². The summed E-state index contributed by atoms with van der Waals surface area (Å²) in [5.74, 6) is 1.65. The zero-order valence-corrected chi connectivity index (χ0v) is 12.3. The van der Waals surface area contributed by atoms with Crippen LogP contribution < -0.4 is 10.1 Å². The molecule has 0 bridgehead atoms. The average Bonchev–Trinajstić information content (AvgIpc) is 2.39. The number of hydrogen-bond acceptors (Lipinski definition) is 3. The van der Waals surface area contributed by atoms with Crippen molar-refractivity contribution < 1.29 is 8.95 Å². The summed E-state index contributed by atoms with van der Waals surface area (Å²) in [6, 6.07) is 8.53. The van der Waals surface area contributed by atoms with Gasteiger partial charge in [0.15, 0.2) is 0 Å². The van der Waals surface area contributed by atoms with Gasteiger partial charge in [0.1, 0.15) is 5.75 Å². The smallest absolute Gasteiger partial charge is 0.118 e. The van der Waals surface area contributed by atoms with Crippen molar-refractivity contribution in [1.82, 2.24) is 5.32 Å². The zero-order valence-electron chi connectivity index (χ0n) is 11.4. The van der Waals surface area contributed by atoms with Gasteiger partial charge in [-0.3, -0.25) is 4.21 Å². The standard InChI is InChI=1S/C14H23NO2S/c1-4-14(15-10-5-11-18(3)16)12-6-8-13(17-2)9-7-12/h6-9,14-15H,4-5,10-11H2,1-3H3. The lowest BCUT2D eigenvalue weighted by Gasteiger charge is -2.17. The molecular weight excluding hydrogens is 246 g/mol. The maximum absolute atomic E-state index is 11.0. The van der Waals surface area contributed by atoms with E-state index in [4.69, 9.17) is 4.74 Å². The van der Waals surface area contributed by atoms with E-state index in [1.54, 1.807) is 13.4 Å². The summed E-state index contributed by atoms with van der Waals surface area (Å²) in [6.45, 7) is 3.07. The van der Waals surface area contributed by atoms with Crippen molar-refractivity contribution in [3.63, 3.8) is 0 Å². The summed E-state index contributed by atoms with van der Waals surface area (Å²) >= 11 is 0. The summed E-state index contributed by atoms with van der Waals surface area (Å²) in [6.07, 6.45) is 3.75. The second-order valence-electron chi connectivity index (χ2n) is 4.32. The van der Waals surface area contributed by atoms with Gasteiger partial charge in [0.25, 0.3) is 0 Å². The predicted molar refractivity (Wildman–Crippen MR) is 77.6 cm³/mol. The molecule has 0 aliphatic heterocycles. The van der Waals surface area contributed by atoms with Crippen LogP contribution in [0.2, 0.25) is 0 Å². The molecule has 1 aromatic carbocycles. The van der Waals surface area contributed by atoms with E-state index in [1.165, 1.54) is 5.56 Å². The first-order valence-electron chi connectivity index (χ1n) is 6.34. The van der Waals surface area contributed by atoms with E-state index in [-0.39, 0.29) is 0 Å². The lowest BCUT2D eigenvalue weighted by Crippen LogP contribution is -2.22. The molecule has 1 rings (SSSR count). The van der Waals surface area contributed by atoms with Crippen molar-refractivity contribution >= 4 is 10.8 Å². The normalized spacial score (nSPS) is 14.2. The van der Waals surface area contributed by atoms with Crippen molar-refractivity contribution in [3.8, 4) is 5.75 Å². The summed E-state index contributed by atoms with van der Waals surface area (Å²) < 4.78 is 16.1. The van der Waals surface area contributed by atoms with Crippen molar-refractivity contribution in [1.29, 1.82) is 0 Å². The molecule has 4 heteroatoms. The lowest BCUT2D eigenvalue weighted by atomic mass is 10.0. The number of nitrogens with one attached hydrogen (secondary N) is 1. The molecule has 0 heterocycles. The van der Waals surface area contributed by atoms with Gasteiger partial charge >= 0.3 is 0 Å². The predicted octanol–water partition coefficient (Wildman–Crippen LogP) is 2.50. The lowest BCUT2D eigenvalue weighted by molar-refractivity contribution is 0.414. The third kappa shape index (κ3) is 5.19. The Morgan fingerprint density at radius 2 is 2.00 bits per heavy atom. The molecule has 2 atom stereocenters. The van der Waals surface area contributed by atoms with E-state index in [9.17, 15) is 4.21 Å². The highest BCUT2D eigenvalue weighted by atomic mass is 32.2. The van der Waals surface area contributed by atoms with Crippen LogP contribution in [0.15, 0.2) is 24.3 Å². The Kier molecular flexibility index (Phi) is 6.98. The van der Waals surface area contributed by atoms with E-state index in [1.807, 2.05) is 12.1 Å². The first-order valence-corrected chi connectivity index (χ1v) is 8.07. The molecule has 2 unspecified atom stereocenters. The van der Waals surface area contributed by atoms with Gasteiger partial charge in [0.2, 0.25) is 0 Å². The van der Waals surface area contributed by atoms with Gasteiger partial charge in [-0.25, -0.2) is 0 Å². The highest BCUT2D eigenvalue weighted by molar-refractivity contribution is 7.84. The van der Waals surface area contributed by atoms with E-state index in [2.05, 4.69) is 24.4 Å². The molecule has 0 spiro atoms. The maximum Gasteiger partial charge on any atom is 0.118 e. The van der Waals surface area contributed by atoms with E-state index >= 15 is 0 Å². The zero-order chi connectivity index (χ0) is 13.4. The van der Waals surface area contributed by atoms with Crippen LogP contribution in [0.1, 0.15) is 31.4 Å². The fourth-order valence-corrected chi connectivity index (χ4v) is 2.44. The van der Waals surface area contributed by atoms with Crippen molar-refractivity contribution in [2.75, 3.05) is 25.7 Å². The molecule has 102 valence electrons. The summed E-state index contributed by atoms with van der Waals surface area (Å²) in [5, 5.41) is 3.50. The van der Waals surface area contributed by atoms with Crippen LogP contribution in [-0.2, 0) is 10.8 Å². The topological polar surface area (TPSA) is 38.3 Å². The summed E-state index contributed by atoms with van der Waals surface area (Å²) in [5.41, 5.74) is 1.27. The molecule has 1 N–H and O–H groups in total. The Morgan fingerprint density at radius 3 is 2.50 bits per heavy atom. The first kappa shape index (κ1) is 15.2. The van der Waals surface area contributed by atoms with E-state index < -0.39 is 10.8 Å². The van der Waals surface area contributed by atoms with E-state index in [0.29, 0.717) is 6.04 Å². The number of rotatable bonds is 8.